The zero-order chi connectivity index (χ0) is 16.7. The molecule has 2 rings (SSSR count). The standard InChI is InChI=1S/C19H28N2O2/c1-3-5-19(23)21-12-10-17(11-13-21)20-18(22)9-8-16-7-4-6-15(2)14-16/h4,6-7,14,17H,3,5,8-13H2,1-2H3,(H,20,22). The number of piperidine rings is 1. The predicted octanol–water partition coefficient (Wildman–Crippen LogP) is 2.83. The second-order valence-electron chi connectivity index (χ2n) is 6.46. The number of hydrogen-bond donors (Lipinski definition) is 1. The van der Waals surface area contributed by atoms with Gasteiger partial charge in [0.05, 0.1) is 0 Å². The van der Waals surface area contributed by atoms with E-state index in [1.807, 2.05) is 17.9 Å². The Morgan fingerprint density at radius 3 is 2.61 bits per heavy atom. The van der Waals surface area contributed by atoms with Crippen LogP contribution in [0.4, 0.5) is 0 Å². The second kappa shape index (κ2) is 8.70. The lowest BCUT2D eigenvalue weighted by Gasteiger charge is -2.32. The van der Waals surface area contributed by atoms with Crippen LogP contribution >= 0.6 is 0 Å². The Morgan fingerprint density at radius 1 is 1.22 bits per heavy atom. The molecule has 1 N–H and O–H groups in total. The lowest BCUT2D eigenvalue weighted by Crippen LogP contribution is -2.46. The van der Waals surface area contributed by atoms with Crippen molar-refractivity contribution < 1.29 is 9.59 Å². The molecule has 1 aromatic carbocycles. The van der Waals surface area contributed by atoms with Gasteiger partial charge in [-0.3, -0.25) is 9.59 Å². The first-order valence-corrected chi connectivity index (χ1v) is 8.71. The molecule has 1 heterocycles. The number of amides is 2. The molecule has 4 nitrogen and oxygen atoms in total. The number of carbonyl (C=O) groups excluding carboxylic acids is 2. The molecule has 0 saturated carbocycles. The summed E-state index contributed by atoms with van der Waals surface area (Å²) in [5.74, 6) is 0.363. The molecule has 4 heteroatoms. The Bertz CT molecular complexity index is 534. The quantitative estimate of drug-likeness (QED) is 0.877. The van der Waals surface area contributed by atoms with Crippen LogP contribution in [0, 0.1) is 6.92 Å². The molecule has 0 unspecified atom stereocenters. The van der Waals surface area contributed by atoms with E-state index in [4.69, 9.17) is 0 Å². The van der Waals surface area contributed by atoms with Crippen molar-refractivity contribution in [2.75, 3.05) is 13.1 Å². The summed E-state index contributed by atoms with van der Waals surface area (Å²) in [4.78, 5) is 25.9. The molecule has 23 heavy (non-hydrogen) atoms. The Hall–Kier alpha value is -1.84. The summed E-state index contributed by atoms with van der Waals surface area (Å²) >= 11 is 0. The Morgan fingerprint density at radius 2 is 1.96 bits per heavy atom. The number of carbonyl (C=O) groups is 2. The predicted molar refractivity (Wildman–Crippen MR) is 92.2 cm³/mol. The normalized spacial score (nSPS) is 15.5. The monoisotopic (exact) mass is 316 g/mol. The maximum absolute atomic E-state index is 12.1. The number of benzene rings is 1. The topological polar surface area (TPSA) is 49.4 Å². The summed E-state index contributed by atoms with van der Waals surface area (Å²) in [7, 11) is 0. The Balaban J connectivity index is 1.69. The van der Waals surface area contributed by atoms with Gasteiger partial charge in [0.15, 0.2) is 0 Å². The van der Waals surface area contributed by atoms with Crippen LogP contribution in [0.1, 0.15) is 50.2 Å². The van der Waals surface area contributed by atoms with Crippen LogP contribution in [0.2, 0.25) is 0 Å². The summed E-state index contributed by atoms with van der Waals surface area (Å²) < 4.78 is 0. The zero-order valence-corrected chi connectivity index (χ0v) is 14.3. The van der Waals surface area contributed by atoms with E-state index in [9.17, 15) is 9.59 Å². The first-order valence-electron chi connectivity index (χ1n) is 8.71. The van der Waals surface area contributed by atoms with E-state index < -0.39 is 0 Å². The molecule has 0 aliphatic carbocycles. The van der Waals surface area contributed by atoms with Gasteiger partial charge in [0.1, 0.15) is 0 Å². The number of nitrogens with one attached hydrogen (secondary N) is 1. The van der Waals surface area contributed by atoms with Crippen molar-refractivity contribution in [2.45, 2.75) is 58.4 Å². The van der Waals surface area contributed by atoms with Gasteiger partial charge in [-0.15, -0.1) is 0 Å². The SMILES string of the molecule is CCCC(=O)N1CCC(NC(=O)CCc2cccc(C)c2)CC1. The van der Waals surface area contributed by atoms with E-state index in [-0.39, 0.29) is 17.9 Å². The fourth-order valence-corrected chi connectivity index (χ4v) is 3.07. The fourth-order valence-electron chi connectivity index (χ4n) is 3.07. The number of hydrogen-bond acceptors (Lipinski definition) is 2. The molecule has 1 aromatic rings. The molecule has 2 amide bonds. The van der Waals surface area contributed by atoms with Crippen molar-refractivity contribution >= 4 is 11.8 Å². The highest BCUT2D eigenvalue weighted by Gasteiger charge is 2.23. The third kappa shape index (κ3) is 5.70. The average molecular weight is 316 g/mol. The van der Waals surface area contributed by atoms with Crippen LogP contribution in [0.25, 0.3) is 0 Å². The Labute approximate surface area is 139 Å². The number of likely N-dealkylation sites (tertiary alicyclic amines) is 1. The smallest absolute Gasteiger partial charge is 0.222 e. The van der Waals surface area contributed by atoms with Crippen LogP contribution in [-0.2, 0) is 16.0 Å². The van der Waals surface area contributed by atoms with Crippen molar-refractivity contribution in [1.82, 2.24) is 10.2 Å². The molecule has 1 fully saturated rings. The maximum atomic E-state index is 12.1. The summed E-state index contributed by atoms with van der Waals surface area (Å²) in [5.41, 5.74) is 2.44. The van der Waals surface area contributed by atoms with Crippen LogP contribution in [-0.4, -0.2) is 35.8 Å². The van der Waals surface area contributed by atoms with Crippen molar-refractivity contribution in [2.24, 2.45) is 0 Å². The fraction of sp³-hybridized carbons (Fsp3) is 0.579. The minimum atomic E-state index is 0.116. The molecular formula is C19H28N2O2. The highest BCUT2D eigenvalue weighted by atomic mass is 16.2. The molecule has 1 aliphatic heterocycles. The molecule has 0 atom stereocenters. The molecule has 0 radical (unpaired) electrons. The number of aryl methyl sites for hydroxylation is 2. The minimum absolute atomic E-state index is 0.116. The van der Waals surface area contributed by atoms with Gasteiger partial charge in [-0.25, -0.2) is 0 Å². The van der Waals surface area contributed by atoms with Crippen LogP contribution in [0.15, 0.2) is 24.3 Å². The second-order valence-corrected chi connectivity index (χ2v) is 6.46. The van der Waals surface area contributed by atoms with Gasteiger partial charge in [-0.2, -0.15) is 0 Å². The van der Waals surface area contributed by atoms with Gasteiger partial charge >= 0.3 is 0 Å². The van der Waals surface area contributed by atoms with Crippen LogP contribution in [0.3, 0.4) is 0 Å². The van der Waals surface area contributed by atoms with Crippen molar-refractivity contribution in [3.63, 3.8) is 0 Å². The summed E-state index contributed by atoms with van der Waals surface area (Å²) in [5, 5.41) is 3.12. The third-order valence-corrected chi connectivity index (χ3v) is 4.40. The Kier molecular flexibility index (Phi) is 6.63. The minimum Gasteiger partial charge on any atom is -0.353 e. The van der Waals surface area contributed by atoms with E-state index >= 15 is 0 Å². The summed E-state index contributed by atoms with van der Waals surface area (Å²) in [6, 6.07) is 8.51. The van der Waals surface area contributed by atoms with E-state index in [0.717, 1.165) is 38.8 Å². The molecule has 0 spiro atoms. The van der Waals surface area contributed by atoms with E-state index in [0.29, 0.717) is 12.8 Å². The van der Waals surface area contributed by atoms with Crippen molar-refractivity contribution in [3.8, 4) is 0 Å². The zero-order valence-electron chi connectivity index (χ0n) is 14.3. The lowest BCUT2D eigenvalue weighted by molar-refractivity contribution is -0.132. The van der Waals surface area contributed by atoms with Crippen LogP contribution < -0.4 is 5.32 Å². The molecule has 0 bridgehead atoms. The first kappa shape index (κ1) is 17.5. The van der Waals surface area contributed by atoms with E-state index in [1.165, 1.54) is 11.1 Å². The third-order valence-electron chi connectivity index (χ3n) is 4.40. The molecule has 1 saturated heterocycles. The largest absolute Gasteiger partial charge is 0.353 e. The van der Waals surface area contributed by atoms with Crippen molar-refractivity contribution in [1.29, 1.82) is 0 Å². The average Bonchev–Trinajstić information content (AvgIpc) is 2.54. The molecule has 0 aromatic heterocycles. The van der Waals surface area contributed by atoms with Crippen LogP contribution in [0.5, 0.6) is 0 Å². The molecular weight excluding hydrogens is 288 g/mol. The van der Waals surface area contributed by atoms with Gasteiger partial charge in [0.2, 0.25) is 11.8 Å². The van der Waals surface area contributed by atoms with E-state index in [2.05, 4.69) is 30.4 Å². The first-order chi connectivity index (χ1) is 11.1. The maximum Gasteiger partial charge on any atom is 0.222 e. The summed E-state index contributed by atoms with van der Waals surface area (Å²) in [6.45, 7) is 5.62. The van der Waals surface area contributed by atoms with Gasteiger partial charge in [-0.05, 0) is 38.2 Å². The molecule has 1 aliphatic rings. The van der Waals surface area contributed by atoms with E-state index in [1.54, 1.807) is 0 Å². The number of nitrogens with zero attached hydrogens (tertiary/aromatic N) is 1. The van der Waals surface area contributed by atoms with Gasteiger partial charge in [0, 0.05) is 32.0 Å². The highest BCUT2D eigenvalue weighted by molar-refractivity contribution is 5.77. The molecule has 126 valence electrons. The van der Waals surface area contributed by atoms with Gasteiger partial charge in [-0.1, -0.05) is 36.8 Å². The number of rotatable bonds is 6. The summed E-state index contributed by atoms with van der Waals surface area (Å²) in [6.07, 6.45) is 4.57. The lowest BCUT2D eigenvalue weighted by atomic mass is 10.0. The highest BCUT2D eigenvalue weighted by Crippen LogP contribution is 2.13. The van der Waals surface area contributed by atoms with Gasteiger partial charge in [0.25, 0.3) is 0 Å². The van der Waals surface area contributed by atoms with Gasteiger partial charge < -0.3 is 10.2 Å². The van der Waals surface area contributed by atoms with Crippen molar-refractivity contribution in [3.05, 3.63) is 35.4 Å².